The minimum absolute atomic E-state index is 0.138. The van der Waals surface area contributed by atoms with Crippen LogP contribution in [0.1, 0.15) is 34.1 Å². The highest BCUT2D eigenvalue weighted by Gasteiger charge is 2.36. The Bertz CT molecular complexity index is 380. The van der Waals surface area contributed by atoms with E-state index in [4.69, 9.17) is 9.05 Å². The summed E-state index contributed by atoms with van der Waals surface area (Å²) in [6.45, 7) is 6.39. The van der Waals surface area contributed by atoms with Crippen LogP contribution in [0.4, 0.5) is 0 Å². The van der Waals surface area contributed by atoms with Crippen LogP contribution < -0.4 is 0 Å². The summed E-state index contributed by atoms with van der Waals surface area (Å²) in [5, 5.41) is 9.52. The van der Waals surface area contributed by atoms with Crippen molar-refractivity contribution < 1.29 is 28.4 Å². The van der Waals surface area contributed by atoms with E-state index in [-0.39, 0.29) is 19.1 Å². The van der Waals surface area contributed by atoms with Crippen LogP contribution in [-0.4, -0.2) is 51.7 Å². The van der Waals surface area contributed by atoms with Crippen molar-refractivity contribution in [3.8, 4) is 0 Å². The highest BCUT2D eigenvalue weighted by molar-refractivity contribution is 7.47. The summed E-state index contributed by atoms with van der Waals surface area (Å²) >= 11 is 0. The quantitative estimate of drug-likeness (QED) is 0.748. The van der Waals surface area contributed by atoms with Gasteiger partial charge >= 0.3 is 7.82 Å². The molecule has 7 nitrogen and oxygen atoms in total. The van der Waals surface area contributed by atoms with Crippen LogP contribution in [0.25, 0.3) is 0 Å². The second kappa shape index (κ2) is 5.89. The third-order valence-electron chi connectivity index (χ3n) is 2.62. The molecule has 0 aromatic heterocycles. The van der Waals surface area contributed by atoms with Crippen molar-refractivity contribution in [2.24, 2.45) is 0 Å². The van der Waals surface area contributed by atoms with Gasteiger partial charge in [-0.05, 0) is 27.2 Å². The van der Waals surface area contributed by atoms with Gasteiger partial charge in [-0.1, -0.05) is 0 Å². The van der Waals surface area contributed by atoms with Crippen LogP contribution in [0, 0.1) is 0 Å². The molecule has 1 heterocycles. The fourth-order valence-electron chi connectivity index (χ4n) is 1.99. The van der Waals surface area contributed by atoms with Crippen molar-refractivity contribution in [2.75, 3.05) is 13.2 Å². The molecule has 2 N–H and O–H groups in total. The Morgan fingerprint density at radius 3 is 2.53 bits per heavy atom. The van der Waals surface area contributed by atoms with Gasteiger partial charge in [0.05, 0.1) is 24.4 Å². The number of carbonyl (C=O) groups excluding carboxylic acids is 1. The summed E-state index contributed by atoms with van der Waals surface area (Å²) in [5.41, 5.74) is -0.806. The summed E-state index contributed by atoms with van der Waals surface area (Å²) < 4.78 is 21.5. The van der Waals surface area contributed by atoms with Crippen LogP contribution >= 0.6 is 7.82 Å². The van der Waals surface area contributed by atoms with Gasteiger partial charge in [0.15, 0.2) is 0 Å². The van der Waals surface area contributed by atoms with Crippen LogP contribution in [0.15, 0.2) is 0 Å². The van der Waals surface area contributed by atoms with Crippen LogP contribution in [0.5, 0.6) is 0 Å². The normalized spacial score (nSPS) is 27.4. The number of amides is 1. The number of nitrogens with zero attached hydrogens (tertiary/aromatic N) is 1. The number of likely N-dealkylation sites (tertiary alicyclic amines) is 1. The Balaban J connectivity index is 2.56. The van der Waals surface area contributed by atoms with E-state index in [0.29, 0.717) is 6.42 Å². The molecule has 19 heavy (non-hydrogen) atoms. The van der Waals surface area contributed by atoms with Crippen molar-refractivity contribution in [2.45, 2.75) is 51.9 Å². The topological polar surface area (TPSA) is 96.3 Å². The van der Waals surface area contributed by atoms with Crippen LogP contribution in [-0.2, 0) is 18.4 Å². The third-order valence-corrected chi connectivity index (χ3v) is 3.87. The number of phosphoric ester groups is 1. The molecule has 8 heteroatoms. The van der Waals surface area contributed by atoms with E-state index >= 15 is 0 Å². The van der Waals surface area contributed by atoms with E-state index in [9.17, 15) is 19.4 Å². The molecule has 1 saturated heterocycles. The van der Waals surface area contributed by atoms with Gasteiger partial charge in [-0.3, -0.25) is 13.8 Å². The maximum absolute atomic E-state index is 11.7. The highest BCUT2D eigenvalue weighted by atomic mass is 31.2. The first-order valence-electron chi connectivity index (χ1n) is 6.13. The van der Waals surface area contributed by atoms with E-state index in [1.807, 2.05) is 0 Å². The molecule has 3 atom stereocenters. The first-order valence-corrected chi connectivity index (χ1v) is 7.63. The van der Waals surface area contributed by atoms with Gasteiger partial charge in [-0.2, -0.15) is 0 Å². The summed E-state index contributed by atoms with van der Waals surface area (Å²) in [6, 6.07) is -0.406. The molecule has 1 aliphatic heterocycles. The smallest absolute Gasteiger partial charge is 0.391 e. The molecule has 0 aromatic rings. The van der Waals surface area contributed by atoms with E-state index in [1.54, 1.807) is 20.8 Å². The maximum atomic E-state index is 11.7. The number of rotatable bonds is 4. The van der Waals surface area contributed by atoms with Crippen molar-refractivity contribution in [3.05, 3.63) is 0 Å². The second-order valence-electron chi connectivity index (χ2n) is 5.68. The minimum Gasteiger partial charge on any atom is -0.391 e. The lowest BCUT2D eigenvalue weighted by Crippen LogP contribution is -2.37. The molecule has 1 rings (SSSR count). The van der Waals surface area contributed by atoms with Crippen molar-refractivity contribution in [1.82, 2.24) is 4.90 Å². The van der Waals surface area contributed by atoms with E-state index < -0.39 is 25.6 Å². The summed E-state index contributed by atoms with van der Waals surface area (Å²) in [7, 11) is -4.16. The molecule has 1 aliphatic rings. The number of aliphatic hydroxyl groups excluding tert-OH is 1. The molecule has 112 valence electrons. The summed E-state index contributed by atoms with van der Waals surface area (Å²) in [4.78, 5) is 22.3. The van der Waals surface area contributed by atoms with E-state index in [0.717, 1.165) is 0 Å². The first kappa shape index (κ1) is 16.6. The van der Waals surface area contributed by atoms with Gasteiger partial charge in [0.1, 0.15) is 0 Å². The Kier molecular flexibility index (Phi) is 5.15. The molecule has 1 amide bonds. The SMILES string of the molecule is CC(=O)N1C[C@H](O)C[C@H]1COP(=O)(O)OC(C)(C)C. The minimum atomic E-state index is -4.16. The molecule has 0 bridgehead atoms. The number of hydrogen-bond donors (Lipinski definition) is 2. The first-order chi connectivity index (χ1) is 8.50. The van der Waals surface area contributed by atoms with E-state index in [1.165, 1.54) is 11.8 Å². The Morgan fingerprint density at radius 2 is 2.05 bits per heavy atom. The monoisotopic (exact) mass is 295 g/mol. The van der Waals surface area contributed by atoms with Gasteiger partial charge in [0, 0.05) is 13.5 Å². The number of phosphoric acid groups is 1. The molecular formula is C11H22NO6P. The zero-order valence-electron chi connectivity index (χ0n) is 11.7. The maximum Gasteiger partial charge on any atom is 0.472 e. The van der Waals surface area contributed by atoms with Crippen LogP contribution in [0.3, 0.4) is 0 Å². The lowest BCUT2D eigenvalue weighted by molar-refractivity contribution is -0.130. The third kappa shape index (κ3) is 5.58. The fourth-order valence-corrected chi connectivity index (χ4v) is 3.09. The Hall–Kier alpha value is -0.460. The molecule has 0 spiro atoms. The average molecular weight is 295 g/mol. The standard InChI is InChI=1S/C11H22NO6P/c1-8(13)12-6-10(14)5-9(12)7-17-19(15,16)18-11(2,3)4/h9-10,14H,5-7H2,1-4H3,(H,15,16)/t9-,10+/m0/s1. The molecule has 0 aliphatic carbocycles. The molecule has 1 unspecified atom stereocenters. The van der Waals surface area contributed by atoms with Gasteiger partial charge < -0.3 is 14.9 Å². The summed E-state index contributed by atoms with van der Waals surface area (Å²) in [6.07, 6.45) is -0.297. The van der Waals surface area contributed by atoms with Gasteiger partial charge in [-0.15, -0.1) is 0 Å². The molecular weight excluding hydrogens is 273 g/mol. The van der Waals surface area contributed by atoms with E-state index in [2.05, 4.69) is 0 Å². The number of aliphatic hydroxyl groups is 1. The number of hydrogen-bond acceptors (Lipinski definition) is 5. The van der Waals surface area contributed by atoms with Crippen molar-refractivity contribution in [1.29, 1.82) is 0 Å². The molecule has 1 fully saturated rings. The second-order valence-corrected chi connectivity index (χ2v) is 7.06. The number of β-amino-alcohol motifs (C(OH)–C–C–N with tert-alkyl or cyclic N) is 1. The van der Waals surface area contributed by atoms with Gasteiger partial charge in [0.2, 0.25) is 5.91 Å². The molecule has 0 aromatic carbocycles. The predicted octanol–water partition coefficient (Wildman–Crippen LogP) is 0.900. The van der Waals surface area contributed by atoms with Crippen molar-refractivity contribution >= 4 is 13.7 Å². The van der Waals surface area contributed by atoms with Crippen LogP contribution in [0.2, 0.25) is 0 Å². The Labute approximate surface area is 113 Å². The zero-order chi connectivity index (χ0) is 14.8. The summed E-state index contributed by atoms with van der Waals surface area (Å²) in [5.74, 6) is -0.199. The fraction of sp³-hybridized carbons (Fsp3) is 0.909. The molecule has 0 saturated carbocycles. The predicted molar refractivity (Wildman–Crippen MR) is 68.4 cm³/mol. The highest BCUT2D eigenvalue weighted by Crippen LogP contribution is 2.47. The largest absolute Gasteiger partial charge is 0.472 e. The number of carbonyl (C=O) groups is 1. The molecule has 0 radical (unpaired) electrons. The average Bonchev–Trinajstić information content (AvgIpc) is 2.53. The van der Waals surface area contributed by atoms with Crippen molar-refractivity contribution in [3.63, 3.8) is 0 Å². The van der Waals surface area contributed by atoms with Gasteiger partial charge in [0.25, 0.3) is 0 Å². The lowest BCUT2D eigenvalue weighted by Gasteiger charge is -2.26. The lowest BCUT2D eigenvalue weighted by atomic mass is 10.2. The Morgan fingerprint density at radius 1 is 1.47 bits per heavy atom. The zero-order valence-corrected chi connectivity index (χ0v) is 12.6. The van der Waals surface area contributed by atoms with Gasteiger partial charge in [-0.25, -0.2) is 4.57 Å².